The van der Waals surface area contributed by atoms with E-state index in [1.54, 1.807) is 0 Å². The zero-order valence-electron chi connectivity index (χ0n) is 15.4. The van der Waals surface area contributed by atoms with Crippen molar-refractivity contribution in [2.75, 3.05) is 42.3 Å². The van der Waals surface area contributed by atoms with Crippen molar-refractivity contribution in [2.24, 2.45) is 0 Å². The van der Waals surface area contributed by atoms with E-state index in [2.05, 4.69) is 56.1 Å². The quantitative estimate of drug-likeness (QED) is 0.385. The van der Waals surface area contributed by atoms with E-state index in [-0.39, 0.29) is 34.0 Å². The summed E-state index contributed by atoms with van der Waals surface area (Å²) >= 11 is 0. The van der Waals surface area contributed by atoms with Crippen LogP contribution >= 0.6 is 0 Å². The van der Waals surface area contributed by atoms with Crippen LogP contribution in [0.2, 0.25) is 0 Å². The van der Waals surface area contributed by atoms with Gasteiger partial charge >= 0.3 is 0 Å². The lowest BCUT2D eigenvalue weighted by Gasteiger charge is -1.97. The van der Waals surface area contributed by atoms with Crippen LogP contribution in [0.3, 0.4) is 0 Å². The smallest absolute Gasteiger partial charge is 0.0661 e. The molecule has 130 valence electrons. The average Bonchev–Trinajstić information content (AvgIpc) is 2.22. The van der Waals surface area contributed by atoms with Crippen molar-refractivity contribution in [1.29, 1.82) is 0 Å². The third-order valence-electron chi connectivity index (χ3n) is 1.96. The molecule has 0 atom stereocenters. The molecule has 2 nitrogen and oxygen atoms in total. The van der Waals surface area contributed by atoms with Crippen molar-refractivity contribution in [1.82, 2.24) is 0 Å². The topological polar surface area (TPSA) is 8.88 Å². The first-order valence-electron chi connectivity index (χ1n) is 7.91. The number of unbranched alkanes of at least 4 members (excludes halogenated alkanes) is 7. The second kappa shape index (κ2) is 32.0. The molecule has 0 rings (SSSR count). The standard InChI is InChI=1S/C10H22.2C3H9N.2BrH/c1-3-5-7-9-10-8-6-4-2;2*1-4(2)3;;/h3-10H2,1-2H3;2*1-3H3;2*1H. The highest BCUT2D eigenvalue weighted by Crippen LogP contribution is 2.07. The Morgan fingerprint density at radius 2 is 0.600 bits per heavy atom. The van der Waals surface area contributed by atoms with Crippen molar-refractivity contribution in [3.05, 3.63) is 0 Å². The van der Waals surface area contributed by atoms with Crippen molar-refractivity contribution in [3.8, 4) is 0 Å². The summed E-state index contributed by atoms with van der Waals surface area (Å²) in [5.74, 6) is 0. The molecule has 0 bridgehead atoms. The van der Waals surface area contributed by atoms with Gasteiger partial charge in [-0.3, -0.25) is 0 Å². The van der Waals surface area contributed by atoms with Crippen molar-refractivity contribution >= 4 is 0 Å². The Kier molecular flexibility index (Phi) is 52.4. The molecule has 2 N–H and O–H groups in total. The fraction of sp³-hybridized carbons (Fsp3) is 1.00. The first-order chi connectivity index (χ1) is 8.38. The van der Waals surface area contributed by atoms with Crippen LogP contribution in [-0.4, -0.2) is 42.3 Å². The maximum Gasteiger partial charge on any atom is 0.0661 e. The highest BCUT2D eigenvalue weighted by Gasteiger charge is 1.87. The van der Waals surface area contributed by atoms with Gasteiger partial charge in [0.15, 0.2) is 0 Å². The van der Waals surface area contributed by atoms with Gasteiger partial charge in [-0.05, 0) is 0 Å². The summed E-state index contributed by atoms with van der Waals surface area (Å²) in [6.45, 7) is 4.54. The maximum absolute atomic E-state index is 2.27. The van der Waals surface area contributed by atoms with Gasteiger partial charge in [-0.25, -0.2) is 0 Å². The normalized spacial score (nSPS) is 8.70. The number of hydrogen-bond acceptors (Lipinski definition) is 0. The first-order valence-corrected chi connectivity index (χ1v) is 7.91. The molecule has 0 aromatic carbocycles. The SMILES string of the molecule is CCCCCCCCCC.C[NH+](C)C.C[NH+](C)C.[Br-].[Br-]. The molecule has 0 unspecified atom stereocenters. The van der Waals surface area contributed by atoms with Gasteiger partial charge in [0.1, 0.15) is 0 Å². The van der Waals surface area contributed by atoms with Crippen LogP contribution in [0.4, 0.5) is 0 Å². The van der Waals surface area contributed by atoms with Gasteiger partial charge in [-0.15, -0.1) is 0 Å². The van der Waals surface area contributed by atoms with E-state index in [4.69, 9.17) is 0 Å². The molecular weight excluding hydrogens is 380 g/mol. The molecule has 0 spiro atoms. The molecule has 0 heterocycles. The predicted molar refractivity (Wildman–Crippen MR) is 85.8 cm³/mol. The summed E-state index contributed by atoms with van der Waals surface area (Å²) in [6.07, 6.45) is 11.5. The lowest BCUT2D eigenvalue weighted by atomic mass is 10.1. The van der Waals surface area contributed by atoms with E-state index in [9.17, 15) is 0 Å². The maximum atomic E-state index is 2.27. The third-order valence-corrected chi connectivity index (χ3v) is 1.96. The van der Waals surface area contributed by atoms with E-state index in [1.165, 1.54) is 61.2 Å². The number of quaternary nitrogens is 2. The van der Waals surface area contributed by atoms with Crippen LogP contribution in [0.15, 0.2) is 0 Å². The molecule has 0 saturated heterocycles. The van der Waals surface area contributed by atoms with Crippen LogP contribution in [0.1, 0.15) is 65.2 Å². The van der Waals surface area contributed by atoms with Gasteiger partial charge < -0.3 is 43.8 Å². The second-order valence-electron chi connectivity index (χ2n) is 6.12. The molecule has 4 heteroatoms. The van der Waals surface area contributed by atoms with E-state index in [0.29, 0.717) is 0 Å². The molecular formula is C16H42Br2N2. The van der Waals surface area contributed by atoms with E-state index in [0.717, 1.165) is 0 Å². The molecule has 0 aromatic heterocycles. The van der Waals surface area contributed by atoms with Crippen LogP contribution in [0.5, 0.6) is 0 Å². The van der Waals surface area contributed by atoms with E-state index < -0.39 is 0 Å². The van der Waals surface area contributed by atoms with Crippen molar-refractivity contribution < 1.29 is 43.8 Å². The minimum atomic E-state index is 0. The summed E-state index contributed by atoms with van der Waals surface area (Å²) in [4.78, 5) is 2.83. The van der Waals surface area contributed by atoms with Crippen LogP contribution in [0.25, 0.3) is 0 Å². The van der Waals surface area contributed by atoms with Gasteiger partial charge in [0, 0.05) is 0 Å². The highest BCUT2D eigenvalue weighted by atomic mass is 79.9. The summed E-state index contributed by atoms with van der Waals surface area (Å²) in [6, 6.07) is 0. The highest BCUT2D eigenvalue weighted by molar-refractivity contribution is 4.43. The van der Waals surface area contributed by atoms with Gasteiger partial charge in [-0.2, -0.15) is 0 Å². The van der Waals surface area contributed by atoms with Crippen molar-refractivity contribution in [2.45, 2.75) is 65.2 Å². The van der Waals surface area contributed by atoms with Crippen LogP contribution in [-0.2, 0) is 0 Å². The number of rotatable bonds is 7. The average molecular weight is 422 g/mol. The molecule has 20 heavy (non-hydrogen) atoms. The lowest BCUT2D eigenvalue weighted by Crippen LogP contribution is -3.02. The molecule has 0 aliphatic carbocycles. The number of halogens is 2. The molecule has 0 radical (unpaired) electrons. The minimum Gasteiger partial charge on any atom is -1.00 e. The summed E-state index contributed by atoms with van der Waals surface area (Å²) in [5, 5.41) is 0. The zero-order chi connectivity index (χ0) is 14.8. The largest absolute Gasteiger partial charge is 1.00 e. The molecule has 0 aromatic rings. The molecule has 0 saturated carbocycles. The zero-order valence-corrected chi connectivity index (χ0v) is 18.6. The fourth-order valence-electron chi connectivity index (χ4n) is 1.21. The van der Waals surface area contributed by atoms with Gasteiger partial charge in [0.05, 0.1) is 42.3 Å². The summed E-state index contributed by atoms with van der Waals surface area (Å²) in [5.41, 5.74) is 0. The first kappa shape index (κ1) is 32.7. The Labute approximate surface area is 151 Å². The fourth-order valence-corrected chi connectivity index (χ4v) is 1.21. The monoisotopic (exact) mass is 420 g/mol. The van der Waals surface area contributed by atoms with Crippen molar-refractivity contribution in [3.63, 3.8) is 0 Å². The minimum absolute atomic E-state index is 0. The van der Waals surface area contributed by atoms with E-state index >= 15 is 0 Å². The van der Waals surface area contributed by atoms with Gasteiger partial charge in [0.2, 0.25) is 0 Å². The number of hydrogen-bond donors (Lipinski definition) is 2. The summed E-state index contributed by atoms with van der Waals surface area (Å²) < 4.78 is 0. The lowest BCUT2D eigenvalue weighted by molar-refractivity contribution is -0.836. The summed E-state index contributed by atoms with van der Waals surface area (Å²) in [7, 11) is 12.5. The molecule has 0 aliphatic heterocycles. The van der Waals surface area contributed by atoms with Gasteiger partial charge in [0.25, 0.3) is 0 Å². The van der Waals surface area contributed by atoms with E-state index in [1.807, 2.05) is 0 Å². The second-order valence-corrected chi connectivity index (χ2v) is 6.12. The third kappa shape index (κ3) is 97.2. The Morgan fingerprint density at radius 1 is 0.450 bits per heavy atom. The van der Waals surface area contributed by atoms with Crippen LogP contribution < -0.4 is 43.8 Å². The molecule has 0 amide bonds. The number of nitrogens with one attached hydrogen (secondary N) is 2. The Morgan fingerprint density at radius 3 is 0.750 bits per heavy atom. The Hall–Kier alpha value is 0.880. The Balaban J connectivity index is -0.0000000637. The predicted octanol–water partition coefficient (Wildman–Crippen LogP) is -4.32. The van der Waals surface area contributed by atoms with Crippen LogP contribution in [0, 0.1) is 0 Å². The Bertz CT molecular complexity index is 102. The molecule has 0 fully saturated rings. The molecule has 0 aliphatic rings. The van der Waals surface area contributed by atoms with Gasteiger partial charge in [-0.1, -0.05) is 65.2 Å².